The molecule has 5 heteroatoms. The first kappa shape index (κ1) is 10.9. The van der Waals surface area contributed by atoms with Crippen molar-refractivity contribution in [1.82, 2.24) is 0 Å². The standard InChI is InChI=1S/C9H10O4S/c10-9(14(11,12)13)7-6-8-4-2-1-3-5-8/h1-7,9-10H,(H,11,12,13). The second-order valence-electron chi connectivity index (χ2n) is 2.68. The molecule has 0 aliphatic carbocycles. The van der Waals surface area contributed by atoms with Gasteiger partial charge in [0.25, 0.3) is 10.1 Å². The smallest absolute Gasteiger partial charge is 0.295 e. The molecular formula is C9H10O4S. The maximum atomic E-state index is 10.4. The third-order valence-electron chi connectivity index (χ3n) is 1.56. The Hall–Kier alpha value is -1.17. The van der Waals surface area contributed by atoms with Gasteiger partial charge in [0, 0.05) is 0 Å². The molecule has 1 aromatic carbocycles. The fraction of sp³-hybridized carbons (Fsp3) is 0.111. The van der Waals surface area contributed by atoms with E-state index >= 15 is 0 Å². The van der Waals surface area contributed by atoms with Crippen LogP contribution < -0.4 is 0 Å². The van der Waals surface area contributed by atoms with Crippen LogP contribution in [0.2, 0.25) is 0 Å². The van der Waals surface area contributed by atoms with E-state index < -0.39 is 15.6 Å². The summed E-state index contributed by atoms with van der Waals surface area (Å²) in [5, 5.41) is 8.92. The molecule has 2 N–H and O–H groups in total. The minimum atomic E-state index is -4.40. The fourth-order valence-corrected chi connectivity index (χ4v) is 1.13. The second-order valence-corrected chi connectivity index (χ2v) is 4.19. The fourth-order valence-electron chi connectivity index (χ4n) is 0.857. The lowest BCUT2D eigenvalue weighted by Gasteiger charge is -1.99. The van der Waals surface area contributed by atoms with Crippen LogP contribution in [0.3, 0.4) is 0 Å². The van der Waals surface area contributed by atoms with Crippen LogP contribution in [0.15, 0.2) is 36.4 Å². The van der Waals surface area contributed by atoms with Crippen molar-refractivity contribution >= 4 is 16.2 Å². The molecule has 4 nitrogen and oxygen atoms in total. The molecule has 1 atom stereocenters. The van der Waals surface area contributed by atoms with E-state index in [4.69, 9.17) is 9.66 Å². The molecule has 1 rings (SSSR count). The molecule has 0 saturated carbocycles. The molecule has 0 spiro atoms. The molecule has 14 heavy (non-hydrogen) atoms. The molecule has 0 fully saturated rings. The van der Waals surface area contributed by atoms with Gasteiger partial charge in [0.15, 0.2) is 5.44 Å². The third kappa shape index (κ3) is 3.29. The number of benzene rings is 1. The van der Waals surface area contributed by atoms with E-state index in [0.29, 0.717) is 0 Å². The average Bonchev–Trinajstić information content (AvgIpc) is 2.14. The van der Waals surface area contributed by atoms with Crippen molar-refractivity contribution in [3.63, 3.8) is 0 Å². The summed E-state index contributed by atoms with van der Waals surface area (Å²) in [6, 6.07) is 8.86. The Morgan fingerprint density at radius 3 is 2.29 bits per heavy atom. The van der Waals surface area contributed by atoms with Gasteiger partial charge in [0.1, 0.15) is 0 Å². The molecule has 0 saturated heterocycles. The molecule has 0 aliphatic heterocycles. The zero-order valence-electron chi connectivity index (χ0n) is 7.24. The number of hydrogen-bond donors (Lipinski definition) is 2. The Morgan fingerprint density at radius 1 is 1.21 bits per heavy atom. The van der Waals surface area contributed by atoms with Crippen LogP contribution in [-0.4, -0.2) is 23.5 Å². The van der Waals surface area contributed by atoms with E-state index in [1.807, 2.05) is 6.07 Å². The van der Waals surface area contributed by atoms with Gasteiger partial charge in [-0.25, -0.2) is 0 Å². The molecule has 0 amide bonds. The minimum absolute atomic E-state index is 0.746. The zero-order chi connectivity index (χ0) is 10.6. The summed E-state index contributed by atoms with van der Waals surface area (Å²) in [7, 11) is -4.40. The molecule has 76 valence electrons. The molecule has 0 radical (unpaired) electrons. The Morgan fingerprint density at radius 2 is 1.79 bits per heavy atom. The summed E-state index contributed by atoms with van der Waals surface area (Å²) in [4.78, 5) is 0. The highest BCUT2D eigenvalue weighted by Gasteiger charge is 2.14. The summed E-state index contributed by atoms with van der Waals surface area (Å²) in [5.41, 5.74) is -1.13. The molecule has 0 heterocycles. The van der Waals surface area contributed by atoms with E-state index in [9.17, 15) is 8.42 Å². The van der Waals surface area contributed by atoms with Crippen molar-refractivity contribution in [1.29, 1.82) is 0 Å². The van der Waals surface area contributed by atoms with Gasteiger partial charge in [-0.3, -0.25) is 4.55 Å². The number of aliphatic hydroxyl groups is 1. The van der Waals surface area contributed by atoms with Crippen LogP contribution >= 0.6 is 0 Å². The van der Waals surface area contributed by atoms with Crippen LogP contribution in [0.4, 0.5) is 0 Å². The summed E-state index contributed by atoms with van der Waals surface area (Å²) >= 11 is 0. The predicted molar refractivity (Wildman–Crippen MR) is 53.0 cm³/mol. The number of rotatable bonds is 3. The van der Waals surface area contributed by atoms with Crippen molar-refractivity contribution in [2.75, 3.05) is 0 Å². The molecule has 1 aromatic rings. The highest BCUT2D eigenvalue weighted by Crippen LogP contribution is 2.04. The summed E-state index contributed by atoms with van der Waals surface area (Å²) in [6.07, 6.45) is 2.42. The molecule has 0 aliphatic rings. The zero-order valence-corrected chi connectivity index (χ0v) is 8.05. The molecule has 1 unspecified atom stereocenters. The monoisotopic (exact) mass is 214 g/mol. The Kier molecular flexibility index (Phi) is 3.40. The van der Waals surface area contributed by atoms with Gasteiger partial charge in [-0.2, -0.15) is 8.42 Å². The summed E-state index contributed by atoms with van der Waals surface area (Å²) in [6.45, 7) is 0. The predicted octanol–water partition coefficient (Wildman–Crippen LogP) is 0.906. The topological polar surface area (TPSA) is 74.6 Å². The van der Waals surface area contributed by atoms with Crippen LogP contribution in [0, 0.1) is 0 Å². The van der Waals surface area contributed by atoms with Gasteiger partial charge in [-0.15, -0.1) is 0 Å². The maximum Gasteiger partial charge on any atom is 0.295 e. The first-order chi connectivity index (χ1) is 6.50. The lowest BCUT2D eigenvalue weighted by Crippen LogP contribution is -2.16. The summed E-state index contributed by atoms with van der Waals surface area (Å²) in [5.74, 6) is 0. The van der Waals surface area contributed by atoms with Crippen LogP contribution in [0.25, 0.3) is 6.08 Å². The molecule has 0 aromatic heterocycles. The molecule has 0 bridgehead atoms. The third-order valence-corrected chi connectivity index (χ3v) is 2.33. The maximum absolute atomic E-state index is 10.4. The van der Waals surface area contributed by atoms with Gasteiger partial charge in [0.2, 0.25) is 0 Å². The van der Waals surface area contributed by atoms with Crippen molar-refractivity contribution < 1.29 is 18.1 Å². The number of hydrogen-bond acceptors (Lipinski definition) is 3. The lowest BCUT2D eigenvalue weighted by molar-refractivity contribution is 0.276. The van der Waals surface area contributed by atoms with Gasteiger partial charge in [-0.05, 0) is 11.6 Å². The van der Waals surface area contributed by atoms with E-state index in [0.717, 1.165) is 11.6 Å². The lowest BCUT2D eigenvalue weighted by atomic mass is 10.2. The van der Waals surface area contributed by atoms with Gasteiger partial charge < -0.3 is 5.11 Å². The highest BCUT2D eigenvalue weighted by molar-refractivity contribution is 7.86. The number of aliphatic hydroxyl groups excluding tert-OH is 1. The van der Waals surface area contributed by atoms with E-state index in [1.165, 1.54) is 6.08 Å². The summed E-state index contributed by atoms with van der Waals surface area (Å²) < 4.78 is 29.2. The SMILES string of the molecule is O=S(=O)(O)C(O)C=Cc1ccccc1. The van der Waals surface area contributed by atoms with Gasteiger partial charge in [-0.1, -0.05) is 36.4 Å². The normalized spacial score (nSPS) is 14.4. The minimum Gasteiger partial charge on any atom is -0.372 e. The van der Waals surface area contributed by atoms with Crippen LogP contribution in [-0.2, 0) is 10.1 Å². The molecular weight excluding hydrogens is 204 g/mol. The Balaban J connectivity index is 2.75. The Labute approximate surface area is 82.3 Å². The van der Waals surface area contributed by atoms with Crippen LogP contribution in [0.5, 0.6) is 0 Å². The second kappa shape index (κ2) is 4.36. The van der Waals surface area contributed by atoms with Gasteiger partial charge in [0.05, 0.1) is 0 Å². The first-order valence-corrected chi connectivity index (χ1v) is 5.38. The van der Waals surface area contributed by atoms with Crippen LogP contribution in [0.1, 0.15) is 5.56 Å². The van der Waals surface area contributed by atoms with Crippen molar-refractivity contribution in [3.05, 3.63) is 42.0 Å². The Bertz CT molecular complexity index is 408. The quantitative estimate of drug-likeness (QED) is 0.733. The van der Waals surface area contributed by atoms with Crippen molar-refractivity contribution in [3.8, 4) is 0 Å². The van der Waals surface area contributed by atoms with Crippen molar-refractivity contribution in [2.45, 2.75) is 5.44 Å². The van der Waals surface area contributed by atoms with Gasteiger partial charge >= 0.3 is 0 Å². The first-order valence-electron chi connectivity index (χ1n) is 3.88. The largest absolute Gasteiger partial charge is 0.372 e. The highest BCUT2D eigenvalue weighted by atomic mass is 32.2. The van der Waals surface area contributed by atoms with E-state index in [1.54, 1.807) is 24.3 Å². The average molecular weight is 214 g/mol. The van der Waals surface area contributed by atoms with E-state index in [2.05, 4.69) is 0 Å². The van der Waals surface area contributed by atoms with Crippen molar-refractivity contribution in [2.24, 2.45) is 0 Å². The van der Waals surface area contributed by atoms with E-state index in [-0.39, 0.29) is 0 Å².